The summed E-state index contributed by atoms with van der Waals surface area (Å²) >= 11 is 0. The monoisotopic (exact) mass is 989 g/mol. The third kappa shape index (κ3) is 15.8. The number of aliphatic hydroxyl groups is 2. The van der Waals surface area contributed by atoms with E-state index in [0.717, 1.165) is 31.3 Å². The highest BCUT2D eigenvalue weighted by Gasteiger charge is 2.53. The van der Waals surface area contributed by atoms with Crippen molar-refractivity contribution >= 4 is 35.2 Å². The minimum atomic E-state index is -2.42. The minimum Gasteiger partial charge on any atom is -0.460 e. The second kappa shape index (κ2) is 27.6. The van der Waals surface area contributed by atoms with Gasteiger partial charge in [-0.25, -0.2) is 9.59 Å². The van der Waals surface area contributed by atoms with Gasteiger partial charge in [-0.15, -0.1) is 5.06 Å². The highest BCUT2D eigenvalue weighted by Crippen LogP contribution is 2.39. The molecule has 16 nitrogen and oxygen atoms in total. The molecule has 0 spiro atoms. The summed E-state index contributed by atoms with van der Waals surface area (Å²) in [5.74, 6) is -8.61. The minimum absolute atomic E-state index is 0.0436. The Hall–Kier alpha value is -3.38. The number of Topliss-reactive ketones (excluding diaryl/α,β-unsaturated/α-hetero) is 3. The zero-order chi connectivity index (χ0) is 52.0. The fourth-order valence-electron chi connectivity index (χ4n) is 11.2. The van der Waals surface area contributed by atoms with E-state index in [1.165, 1.54) is 17.1 Å². The summed E-state index contributed by atoms with van der Waals surface area (Å²) in [7, 11) is 7.85. The van der Waals surface area contributed by atoms with Crippen LogP contribution in [-0.4, -0.2) is 146 Å². The predicted molar refractivity (Wildman–Crippen MR) is 263 cm³/mol. The van der Waals surface area contributed by atoms with E-state index in [1.807, 2.05) is 20.8 Å². The van der Waals surface area contributed by atoms with Crippen LogP contribution in [-0.2, 0) is 57.3 Å². The molecule has 3 heterocycles. The maximum Gasteiger partial charge on any atom is 0.330 e. The average molecular weight is 989 g/mol. The lowest BCUT2D eigenvalue weighted by Gasteiger charge is -2.42. The number of cyclic esters (lactones) is 1. The fourth-order valence-corrected chi connectivity index (χ4v) is 11.2. The van der Waals surface area contributed by atoms with Crippen LogP contribution in [0.25, 0.3) is 0 Å². The van der Waals surface area contributed by atoms with Crippen LogP contribution in [0.5, 0.6) is 0 Å². The summed E-state index contributed by atoms with van der Waals surface area (Å²) < 4.78 is 29.8. The number of carbonyl (C=O) groups excluding carboxylic acids is 6. The molecule has 16 heteroatoms. The number of ketones is 3. The second-order valence-electron chi connectivity index (χ2n) is 21.5. The van der Waals surface area contributed by atoms with E-state index in [-0.39, 0.29) is 66.7 Å². The number of nitrogens with zero attached hydrogens (tertiary/aromatic N) is 2. The molecule has 0 unspecified atom stereocenters. The van der Waals surface area contributed by atoms with Crippen molar-refractivity contribution in [1.29, 1.82) is 0 Å². The molecule has 1 saturated carbocycles. The first-order chi connectivity index (χ1) is 33.1. The molecular weight excluding hydrogens is 901 g/mol. The molecule has 398 valence electrons. The number of allylic oxidation sites excluding steroid dienone is 2. The first-order valence-electron chi connectivity index (χ1n) is 26.1. The van der Waals surface area contributed by atoms with Gasteiger partial charge < -0.3 is 43.6 Å². The molecular formula is C54H88N2O14. The van der Waals surface area contributed by atoms with Gasteiger partial charge in [0.15, 0.2) is 5.78 Å². The van der Waals surface area contributed by atoms with Gasteiger partial charge in [0, 0.05) is 72.6 Å². The molecule has 1 amide bonds. The van der Waals surface area contributed by atoms with E-state index in [9.17, 15) is 39.0 Å². The number of fused-ring (bicyclic) bond motifs is 3. The number of rotatable bonds is 8. The molecule has 2 N–H and O–H groups in total. The number of piperidine rings is 1. The topological polar surface area (TPSA) is 205 Å². The van der Waals surface area contributed by atoms with Gasteiger partial charge in [-0.05, 0) is 120 Å². The molecule has 1 aliphatic carbocycles. The van der Waals surface area contributed by atoms with Crippen LogP contribution >= 0.6 is 0 Å². The molecule has 2 saturated heterocycles. The van der Waals surface area contributed by atoms with E-state index < -0.39 is 77.8 Å². The number of hydroxylamine groups is 2. The number of esters is 1. The Morgan fingerprint density at radius 2 is 1.57 bits per heavy atom. The zero-order valence-corrected chi connectivity index (χ0v) is 44.4. The maximum atomic E-state index is 14.5. The SMILES string of the molecule is CO[C@H]1C[C@@H]2CC[C@@H](C)[C@@](O)(O2)C(=O)C(=O)N2CCCC[C@H]2C(=O)O[C@H]([C@H](C)C[C@@H]2CC[C@@H](C(=O)ON(C)C)[C@H](OC)C2)CC(=O)[C@H](C)/C=C(/C)[C@@H](O)[C@@H](OC)C(=O)[C@H](C)C[C@H](C)CCCC/C=C\1C. The molecule has 3 fully saturated rings. The van der Waals surface area contributed by atoms with Gasteiger partial charge in [-0.2, -0.15) is 0 Å². The third-order valence-electron chi connectivity index (χ3n) is 15.7. The van der Waals surface area contributed by atoms with E-state index in [0.29, 0.717) is 69.8 Å². The van der Waals surface area contributed by atoms with E-state index in [2.05, 4.69) is 13.0 Å². The zero-order valence-electron chi connectivity index (χ0n) is 44.4. The van der Waals surface area contributed by atoms with Crippen molar-refractivity contribution in [3.05, 3.63) is 23.3 Å². The quantitative estimate of drug-likeness (QED) is 0.110. The summed E-state index contributed by atoms with van der Waals surface area (Å²) in [4.78, 5) is 90.7. The number of aliphatic hydroxyl groups excluding tert-OH is 1. The van der Waals surface area contributed by atoms with Crippen molar-refractivity contribution in [3.8, 4) is 0 Å². The number of amides is 1. The van der Waals surface area contributed by atoms with Gasteiger partial charge >= 0.3 is 11.9 Å². The second-order valence-corrected chi connectivity index (χ2v) is 21.5. The van der Waals surface area contributed by atoms with Crippen LogP contribution in [0.3, 0.4) is 0 Å². The van der Waals surface area contributed by atoms with Crippen LogP contribution in [0.4, 0.5) is 0 Å². The van der Waals surface area contributed by atoms with Crippen molar-refractivity contribution in [2.45, 2.75) is 200 Å². The Kier molecular flexibility index (Phi) is 23.3. The first kappa shape index (κ1) is 59.2. The number of hydrogen-bond donors (Lipinski definition) is 2. The smallest absolute Gasteiger partial charge is 0.330 e. The van der Waals surface area contributed by atoms with Gasteiger partial charge in [0.2, 0.25) is 5.79 Å². The molecule has 2 bridgehead atoms. The van der Waals surface area contributed by atoms with Crippen molar-refractivity contribution in [3.63, 3.8) is 0 Å². The molecule has 15 atom stereocenters. The lowest BCUT2D eigenvalue weighted by Crippen LogP contribution is -2.61. The summed E-state index contributed by atoms with van der Waals surface area (Å²) in [6, 6.07) is -1.16. The molecule has 3 aliphatic heterocycles. The largest absolute Gasteiger partial charge is 0.460 e. The number of methoxy groups -OCH3 is 3. The van der Waals surface area contributed by atoms with Crippen LogP contribution in [0.2, 0.25) is 0 Å². The first-order valence-corrected chi connectivity index (χ1v) is 26.1. The van der Waals surface area contributed by atoms with Crippen LogP contribution < -0.4 is 0 Å². The van der Waals surface area contributed by atoms with Crippen LogP contribution in [0.1, 0.15) is 151 Å². The van der Waals surface area contributed by atoms with Gasteiger partial charge in [0.25, 0.3) is 11.7 Å². The average Bonchev–Trinajstić information content (AvgIpc) is 3.32. The van der Waals surface area contributed by atoms with Crippen molar-refractivity contribution in [2.24, 2.45) is 41.4 Å². The molecule has 0 aromatic rings. The van der Waals surface area contributed by atoms with E-state index >= 15 is 0 Å². The number of carbonyl (C=O) groups is 6. The van der Waals surface area contributed by atoms with Gasteiger partial charge in [-0.3, -0.25) is 19.2 Å². The van der Waals surface area contributed by atoms with Crippen molar-refractivity contribution in [2.75, 3.05) is 42.0 Å². The lowest BCUT2D eigenvalue weighted by molar-refractivity contribution is -0.265. The highest BCUT2D eigenvalue weighted by molar-refractivity contribution is 6.39. The summed E-state index contributed by atoms with van der Waals surface area (Å²) in [5.41, 5.74) is 1.39. The van der Waals surface area contributed by atoms with Crippen molar-refractivity contribution < 1.29 is 67.5 Å². The van der Waals surface area contributed by atoms with E-state index in [4.69, 9.17) is 28.5 Å². The Morgan fingerprint density at radius 3 is 2.23 bits per heavy atom. The fraction of sp³-hybridized carbons (Fsp3) is 0.815. The molecule has 0 aromatic heterocycles. The summed E-state index contributed by atoms with van der Waals surface area (Å²) in [6.07, 6.45) is 7.89. The molecule has 4 aliphatic rings. The number of hydrogen-bond acceptors (Lipinski definition) is 15. The Morgan fingerprint density at radius 1 is 0.871 bits per heavy atom. The lowest BCUT2D eigenvalue weighted by atomic mass is 9.75. The van der Waals surface area contributed by atoms with Crippen molar-refractivity contribution in [1.82, 2.24) is 9.96 Å². The third-order valence-corrected chi connectivity index (χ3v) is 15.7. The van der Waals surface area contributed by atoms with E-state index in [1.54, 1.807) is 55.2 Å². The Bertz CT molecular complexity index is 1830. The van der Waals surface area contributed by atoms with Gasteiger partial charge in [-0.1, -0.05) is 59.6 Å². The van der Waals surface area contributed by atoms with Crippen LogP contribution in [0.15, 0.2) is 23.3 Å². The predicted octanol–water partition coefficient (Wildman–Crippen LogP) is 6.90. The molecule has 0 aromatic carbocycles. The molecule has 0 radical (unpaired) electrons. The van der Waals surface area contributed by atoms with Gasteiger partial charge in [0.1, 0.15) is 30.1 Å². The molecule has 4 rings (SSSR count). The normalized spacial score (nSPS) is 37.9. The Labute approximate surface area is 417 Å². The highest BCUT2D eigenvalue weighted by atomic mass is 16.7. The van der Waals surface area contributed by atoms with Gasteiger partial charge in [0.05, 0.1) is 24.2 Å². The Balaban J connectivity index is 1.68. The maximum absolute atomic E-state index is 14.5. The van der Waals surface area contributed by atoms with Crippen LogP contribution in [0, 0.1) is 41.4 Å². The summed E-state index contributed by atoms with van der Waals surface area (Å²) in [6.45, 7) is 13.0. The number of ether oxygens (including phenoxy) is 5. The standard InChI is InChI=1S/C54H88N2O14/c1-32-18-14-13-15-19-33(2)44(65-10)30-40-23-21-38(7)54(64,69-40)50(60)51(61)56-25-17-16-20-42(56)53(63)68-45(35(4)28-39-22-24-41(46(29-39)66-11)52(62)70-55(8)9)31-43(57)34(3)27-37(6)48(59)49(67-12)47(58)36(5)26-32/h19,27,32,34-36,38-42,44-46,48-49,59,64H,13-18,20-26,28-31H2,1-12H3/b33-19-,37-27-/t32-,34-,35-,36-,38-,39+,40+,41-,42+,44+,45+,46-,48-,49+,54-/m1/s1. The summed E-state index contributed by atoms with van der Waals surface area (Å²) in [5, 5.41) is 24.9. The molecule has 70 heavy (non-hydrogen) atoms.